The van der Waals surface area contributed by atoms with Crippen molar-refractivity contribution in [2.45, 2.75) is 89.1 Å². The number of hydrogen-bond acceptors (Lipinski definition) is 9. The van der Waals surface area contributed by atoms with Crippen LogP contribution in [-0.4, -0.2) is 110 Å². The quantitative estimate of drug-likeness (QED) is 0.0482. The topological polar surface area (TPSA) is 124 Å². The zero-order valence-corrected chi connectivity index (χ0v) is 35.6. The molecule has 0 saturated carbocycles. The second-order valence-electron chi connectivity index (χ2n) is 17.1. The Morgan fingerprint density at radius 3 is 2.11 bits per heavy atom. The molecule has 2 aliphatic heterocycles. The number of carbonyl (C=O) groups is 1. The Bertz CT molecular complexity index is 1890. The minimum absolute atomic E-state index is 0.103. The van der Waals surface area contributed by atoms with Crippen molar-refractivity contribution >= 4 is 39.5 Å². The molecule has 2 unspecified atom stereocenters. The Labute approximate surface area is 327 Å². The minimum atomic E-state index is -1.35. The average Bonchev–Trinajstić information content (AvgIpc) is 3.56. The third-order valence-corrected chi connectivity index (χ3v) is 13.7. The predicted octanol–water partition coefficient (Wildman–Crippen LogP) is 8.52. The van der Waals surface area contributed by atoms with E-state index in [1.807, 2.05) is 60.2 Å². The fraction of sp³-hybridized carbons (Fsp3) is 0.512. The van der Waals surface area contributed by atoms with Gasteiger partial charge in [-0.25, -0.2) is 9.78 Å². The van der Waals surface area contributed by atoms with Gasteiger partial charge in [0.15, 0.2) is 5.65 Å². The van der Waals surface area contributed by atoms with Gasteiger partial charge in [-0.1, -0.05) is 82.3 Å². The van der Waals surface area contributed by atoms with Crippen LogP contribution in [0.15, 0.2) is 61.4 Å². The maximum Gasteiger partial charge on any atom is 0.407 e. The molecule has 2 fully saturated rings. The van der Waals surface area contributed by atoms with E-state index in [4.69, 9.17) is 34.0 Å². The van der Waals surface area contributed by atoms with Gasteiger partial charge in [-0.2, -0.15) is 9.61 Å². The summed E-state index contributed by atoms with van der Waals surface area (Å²) in [5.41, 5.74) is 5.81. The van der Waals surface area contributed by atoms with Crippen LogP contribution in [0.2, 0.25) is 51.4 Å². The molecular formula is C41H58N6O6Si2. The van der Waals surface area contributed by atoms with Crippen molar-refractivity contribution in [2.24, 2.45) is 0 Å². The summed E-state index contributed by atoms with van der Waals surface area (Å²) < 4.78 is 26.9. The number of piperidine rings is 1. The molecule has 0 radical (unpaired) electrons. The van der Waals surface area contributed by atoms with Gasteiger partial charge >= 0.3 is 6.09 Å². The normalized spacial score (nSPS) is 18.7. The number of hydrogen-bond donors (Lipinski definition) is 1. The molecule has 5 heterocycles. The number of fused-ring (bicyclic) bond motifs is 3. The van der Waals surface area contributed by atoms with Crippen molar-refractivity contribution in [3.05, 3.63) is 72.7 Å². The molecule has 3 aromatic heterocycles. The zero-order valence-electron chi connectivity index (χ0n) is 33.6. The number of pyridine rings is 1. The molecule has 1 amide bonds. The van der Waals surface area contributed by atoms with E-state index < -0.39 is 22.2 Å². The number of nitrogens with zero attached hydrogens (tertiary/aromatic N) is 6. The van der Waals surface area contributed by atoms with Gasteiger partial charge in [0.05, 0.1) is 55.1 Å². The van der Waals surface area contributed by atoms with Gasteiger partial charge in [-0.3, -0.25) is 9.88 Å². The maximum atomic E-state index is 12.4. The van der Waals surface area contributed by atoms with Crippen LogP contribution >= 0.6 is 0 Å². The predicted molar refractivity (Wildman–Crippen MR) is 223 cm³/mol. The number of aromatic nitrogens is 4. The molecule has 55 heavy (non-hydrogen) atoms. The maximum absolute atomic E-state index is 12.4. The standard InChI is InChI=1S/C41H58N6O6Si2/c1-9-53-29(2)37-38(32-21-33-25-52-26-34(22-32)46(33)41(48)49)44-39-35(31-15-16-36(42-23-31)30-13-11-10-12-14-30)24-43-47(39)40(37)45(27-50-17-19-54(3,4)5)28-51-18-20-55(6,7)8/h10-16,23-24,32-34H,2,9,17-22,25-28H2,1,3-8H3,(H,48,49). The monoisotopic (exact) mass is 786 g/mol. The van der Waals surface area contributed by atoms with E-state index >= 15 is 0 Å². The van der Waals surface area contributed by atoms with Crippen LogP contribution in [-0.2, 0) is 18.9 Å². The summed E-state index contributed by atoms with van der Waals surface area (Å²) in [6.07, 6.45) is 3.90. The molecule has 6 rings (SSSR count). The summed E-state index contributed by atoms with van der Waals surface area (Å²) in [7, 11) is -2.71. The lowest BCUT2D eigenvalue weighted by Crippen LogP contribution is -2.58. The molecule has 2 aliphatic rings. The lowest BCUT2D eigenvalue weighted by molar-refractivity contribution is -0.0649. The largest absolute Gasteiger partial charge is 0.494 e. The Morgan fingerprint density at radius 1 is 0.927 bits per heavy atom. The first-order chi connectivity index (χ1) is 26.2. The second-order valence-corrected chi connectivity index (χ2v) is 28.3. The highest BCUT2D eigenvalue weighted by Gasteiger charge is 2.44. The summed E-state index contributed by atoms with van der Waals surface area (Å²) in [4.78, 5) is 26.4. The zero-order chi connectivity index (χ0) is 39.3. The third-order valence-electron chi connectivity index (χ3n) is 10.3. The van der Waals surface area contributed by atoms with Crippen molar-refractivity contribution in [3.63, 3.8) is 0 Å². The van der Waals surface area contributed by atoms with Gasteiger partial charge in [-0.15, -0.1) is 0 Å². The molecule has 1 aromatic carbocycles. The molecule has 296 valence electrons. The van der Waals surface area contributed by atoms with E-state index in [0.29, 0.717) is 57.3 Å². The van der Waals surface area contributed by atoms with Crippen molar-refractivity contribution < 1.29 is 28.8 Å². The van der Waals surface area contributed by atoms with E-state index in [2.05, 4.69) is 56.8 Å². The smallest absolute Gasteiger partial charge is 0.407 e. The van der Waals surface area contributed by atoms with Crippen molar-refractivity contribution in [1.29, 1.82) is 0 Å². The Morgan fingerprint density at radius 2 is 1.56 bits per heavy atom. The summed E-state index contributed by atoms with van der Waals surface area (Å²) >= 11 is 0. The first kappa shape index (κ1) is 40.6. The van der Waals surface area contributed by atoms with Crippen LogP contribution in [0.3, 0.4) is 0 Å². The van der Waals surface area contributed by atoms with Crippen LogP contribution in [0.25, 0.3) is 33.8 Å². The van der Waals surface area contributed by atoms with Crippen LogP contribution in [0.1, 0.15) is 36.9 Å². The summed E-state index contributed by atoms with van der Waals surface area (Å²) in [6, 6.07) is 15.6. The highest BCUT2D eigenvalue weighted by molar-refractivity contribution is 6.76. The SMILES string of the molecule is C=C(OCC)c1c(C2CC3COCC(C2)N3C(=O)O)nc2c(-c3ccc(-c4ccccc4)nc3)cnn2c1N(COCC[Si](C)(C)C)COCC[Si](C)(C)C. The van der Waals surface area contributed by atoms with Gasteiger partial charge in [-0.05, 0) is 37.9 Å². The number of amides is 1. The highest BCUT2D eigenvalue weighted by atomic mass is 28.3. The second kappa shape index (κ2) is 17.4. The van der Waals surface area contributed by atoms with Gasteiger partial charge in [0, 0.05) is 58.2 Å². The van der Waals surface area contributed by atoms with Gasteiger partial charge in [0.1, 0.15) is 25.0 Å². The van der Waals surface area contributed by atoms with Gasteiger partial charge < -0.3 is 29.0 Å². The summed E-state index contributed by atoms with van der Waals surface area (Å²) in [5, 5.41) is 15.2. The first-order valence-corrected chi connectivity index (χ1v) is 26.9. The Balaban J connectivity index is 1.51. The van der Waals surface area contributed by atoms with Crippen LogP contribution in [0.4, 0.5) is 10.6 Å². The Hall–Kier alpha value is -4.09. The first-order valence-electron chi connectivity index (χ1n) is 19.5. The molecule has 4 aromatic rings. The van der Waals surface area contributed by atoms with E-state index in [9.17, 15) is 9.90 Å². The van der Waals surface area contributed by atoms with E-state index in [1.54, 1.807) is 4.90 Å². The molecular weight excluding hydrogens is 729 g/mol. The van der Waals surface area contributed by atoms with Gasteiger partial charge in [0.25, 0.3) is 0 Å². The minimum Gasteiger partial charge on any atom is -0.494 e. The summed E-state index contributed by atoms with van der Waals surface area (Å²) in [5.74, 6) is 1.10. The molecule has 2 atom stereocenters. The number of rotatable bonds is 17. The molecule has 14 heteroatoms. The lowest BCUT2D eigenvalue weighted by Gasteiger charge is -2.47. The number of benzene rings is 1. The summed E-state index contributed by atoms with van der Waals surface area (Å²) in [6.45, 7) is 23.4. The van der Waals surface area contributed by atoms with Crippen molar-refractivity contribution in [2.75, 3.05) is 51.4 Å². The average molecular weight is 787 g/mol. The van der Waals surface area contributed by atoms with E-state index in [-0.39, 0.29) is 31.5 Å². The van der Waals surface area contributed by atoms with Crippen LogP contribution in [0, 0.1) is 0 Å². The molecule has 2 bridgehead atoms. The molecule has 12 nitrogen and oxygen atoms in total. The number of carboxylic acid groups (broad SMARTS) is 1. The Kier molecular flexibility index (Phi) is 12.8. The van der Waals surface area contributed by atoms with E-state index in [0.717, 1.165) is 51.5 Å². The van der Waals surface area contributed by atoms with Crippen LogP contribution < -0.4 is 4.90 Å². The number of ether oxygens (including phenoxy) is 4. The molecule has 1 N–H and O–H groups in total. The molecule has 2 saturated heterocycles. The van der Waals surface area contributed by atoms with Gasteiger partial charge in [0.2, 0.25) is 0 Å². The van der Waals surface area contributed by atoms with Crippen molar-refractivity contribution in [3.8, 4) is 22.4 Å². The molecule has 0 spiro atoms. The highest BCUT2D eigenvalue weighted by Crippen LogP contribution is 2.43. The number of morpholine rings is 1. The fourth-order valence-electron chi connectivity index (χ4n) is 7.35. The third kappa shape index (κ3) is 9.84. The van der Waals surface area contributed by atoms with Crippen LogP contribution in [0.5, 0.6) is 0 Å². The molecule has 0 aliphatic carbocycles. The fourth-order valence-corrected chi connectivity index (χ4v) is 8.86. The number of anilines is 1. The lowest BCUT2D eigenvalue weighted by atomic mass is 9.81. The van der Waals surface area contributed by atoms with E-state index in [1.165, 1.54) is 0 Å². The van der Waals surface area contributed by atoms with Crippen molar-refractivity contribution in [1.82, 2.24) is 24.5 Å².